The van der Waals surface area contributed by atoms with Crippen molar-refractivity contribution in [1.29, 1.82) is 0 Å². The molecule has 4 heteroatoms. The highest BCUT2D eigenvalue weighted by Gasteiger charge is 2.17. The number of hydrogen-bond donors (Lipinski definition) is 1. The van der Waals surface area contributed by atoms with Gasteiger partial charge in [0.05, 0.1) is 12.2 Å². The average molecular weight is 289 g/mol. The first-order valence-corrected chi connectivity index (χ1v) is 7.17. The molecule has 0 amide bonds. The molecule has 1 heterocycles. The fourth-order valence-corrected chi connectivity index (χ4v) is 2.84. The highest BCUT2D eigenvalue weighted by molar-refractivity contribution is 6.35. The second-order valence-electron chi connectivity index (χ2n) is 4.75. The molecule has 1 aliphatic heterocycles. The molecule has 0 aliphatic carbocycles. The van der Waals surface area contributed by atoms with E-state index in [-0.39, 0.29) is 0 Å². The Balaban J connectivity index is 1.88. The summed E-state index contributed by atoms with van der Waals surface area (Å²) in [4.78, 5) is 0. The summed E-state index contributed by atoms with van der Waals surface area (Å²) in [5.41, 5.74) is 0.747. The van der Waals surface area contributed by atoms with Crippen molar-refractivity contribution in [3.8, 4) is 0 Å². The first kappa shape index (κ1) is 14.1. The third-order valence-electron chi connectivity index (χ3n) is 3.36. The minimum atomic E-state index is -0.541. The van der Waals surface area contributed by atoms with Crippen molar-refractivity contribution in [2.24, 2.45) is 0 Å². The van der Waals surface area contributed by atoms with Gasteiger partial charge in [0.15, 0.2) is 0 Å². The monoisotopic (exact) mass is 288 g/mol. The molecule has 2 atom stereocenters. The Bertz CT molecular complexity index is 389. The van der Waals surface area contributed by atoms with Gasteiger partial charge in [-0.25, -0.2) is 0 Å². The molecule has 1 N–H and O–H groups in total. The number of hydrogen-bond acceptors (Lipinski definition) is 2. The van der Waals surface area contributed by atoms with Crippen molar-refractivity contribution in [2.75, 3.05) is 6.61 Å². The second kappa shape index (κ2) is 6.76. The van der Waals surface area contributed by atoms with Crippen molar-refractivity contribution in [1.82, 2.24) is 0 Å². The predicted molar refractivity (Wildman–Crippen MR) is 74.2 cm³/mol. The largest absolute Gasteiger partial charge is 0.388 e. The van der Waals surface area contributed by atoms with E-state index in [0.29, 0.717) is 22.6 Å². The Labute approximate surface area is 118 Å². The number of ether oxygens (including phenoxy) is 1. The van der Waals surface area contributed by atoms with E-state index >= 15 is 0 Å². The average Bonchev–Trinajstić information content (AvgIpc) is 2.37. The zero-order valence-electron chi connectivity index (χ0n) is 10.2. The molecule has 2 nitrogen and oxygen atoms in total. The van der Waals surface area contributed by atoms with Crippen molar-refractivity contribution in [3.05, 3.63) is 33.8 Å². The van der Waals surface area contributed by atoms with Gasteiger partial charge in [0.2, 0.25) is 0 Å². The van der Waals surface area contributed by atoms with Crippen LogP contribution in [0.1, 0.15) is 43.8 Å². The van der Waals surface area contributed by atoms with Gasteiger partial charge in [0, 0.05) is 16.7 Å². The lowest BCUT2D eigenvalue weighted by Gasteiger charge is -2.23. The summed E-state index contributed by atoms with van der Waals surface area (Å²) in [7, 11) is 0. The fourth-order valence-electron chi connectivity index (χ4n) is 2.31. The van der Waals surface area contributed by atoms with Gasteiger partial charge in [-0.1, -0.05) is 29.3 Å². The van der Waals surface area contributed by atoms with Crippen LogP contribution in [0.4, 0.5) is 0 Å². The zero-order valence-corrected chi connectivity index (χ0v) is 11.8. The molecule has 2 rings (SSSR count). The minimum Gasteiger partial charge on any atom is -0.388 e. The Morgan fingerprint density at radius 3 is 2.83 bits per heavy atom. The van der Waals surface area contributed by atoms with Crippen LogP contribution >= 0.6 is 23.2 Å². The number of aliphatic hydroxyl groups is 1. The van der Waals surface area contributed by atoms with Crippen LogP contribution in [0, 0.1) is 0 Å². The van der Waals surface area contributed by atoms with Crippen LogP contribution in [0.5, 0.6) is 0 Å². The first-order valence-electron chi connectivity index (χ1n) is 6.41. The summed E-state index contributed by atoms with van der Waals surface area (Å²) in [6.45, 7) is 0.850. The highest BCUT2D eigenvalue weighted by Crippen LogP contribution is 2.30. The van der Waals surface area contributed by atoms with E-state index in [1.165, 1.54) is 6.42 Å². The molecule has 1 aliphatic rings. The Kier molecular flexibility index (Phi) is 5.31. The van der Waals surface area contributed by atoms with E-state index in [9.17, 15) is 5.11 Å². The van der Waals surface area contributed by atoms with E-state index < -0.39 is 6.10 Å². The summed E-state index contributed by atoms with van der Waals surface area (Å²) < 4.78 is 5.65. The summed E-state index contributed by atoms with van der Waals surface area (Å²) >= 11 is 11.9. The standard InChI is InChI=1S/C14H18Cl2O2/c15-10-4-6-12(13(16)9-10)14(17)7-5-11-3-1-2-8-18-11/h4,6,9,11,14,17H,1-3,5,7-8H2. The Hall–Kier alpha value is -0.280. The Morgan fingerprint density at radius 2 is 2.17 bits per heavy atom. The predicted octanol–water partition coefficient (Wildman–Crippen LogP) is 4.38. The van der Waals surface area contributed by atoms with E-state index in [1.807, 2.05) is 0 Å². The van der Waals surface area contributed by atoms with Gasteiger partial charge in [-0.15, -0.1) is 0 Å². The molecule has 1 fully saturated rings. The van der Waals surface area contributed by atoms with Crippen molar-refractivity contribution < 1.29 is 9.84 Å². The van der Waals surface area contributed by atoms with Gasteiger partial charge in [-0.2, -0.15) is 0 Å². The van der Waals surface area contributed by atoms with Crippen molar-refractivity contribution >= 4 is 23.2 Å². The number of aliphatic hydroxyl groups excluding tert-OH is 1. The van der Waals surface area contributed by atoms with Crippen LogP contribution in [0.25, 0.3) is 0 Å². The van der Waals surface area contributed by atoms with Gasteiger partial charge >= 0.3 is 0 Å². The van der Waals surface area contributed by atoms with Crippen LogP contribution in [0.3, 0.4) is 0 Å². The summed E-state index contributed by atoms with van der Waals surface area (Å²) in [6.07, 6.45) is 4.78. The summed E-state index contributed by atoms with van der Waals surface area (Å²) in [6, 6.07) is 5.21. The molecular formula is C14H18Cl2O2. The molecule has 0 bridgehead atoms. The molecular weight excluding hydrogens is 271 g/mol. The third-order valence-corrected chi connectivity index (χ3v) is 3.92. The molecule has 0 aromatic heterocycles. The minimum absolute atomic E-state index is 0.291. The van der Waals surface area contributed by atoms with Crippen molar-refractivity contribution in [2.45, 2.75) is 44.3 Å². The van der Waals surface area contributed by atoms with E-state index in [2.05, 4.69) is 0 Å². The van der Waals surface area contributed by atoms with Crippen LogP contribution in [-0.2, 0) is 4.74 Å². The van der Waals surface area contributed by atoms with Gasteiger partial charge in [-0.05, 0) is 49.8 Å². The summed E-state index contributed by atoms with van der Waals surface area (Å²) in [5.74, 6) is 0. The lowest BCUT2D eigenvalue weighted by Crippen LogP contribution is -2.19. The van der Waals surface area contributed by atoms with Crippen LogP contribution in [0.15, 0.2) is 18.2 Å². The van der Waals surface area contributed by atoms with Gasteiger partial charge in [-0.3, -0.25) is 0 Å². The number of rotatable bonds is 4. The van der Waals surface area contributed by atoms with Gasteiger partial charge < -0.3 is 9.84 Å². The van der Waals surface area contributed by atoms with E-state index in [0.717, 1.165) is 31.4 Å². The Morgan fingerprint density at radius 1 is 1.33 bits per heavy atom. The third kappa shape index (κ3) is 3.86. The molecule has 0 radical (unpaired) electrons. The molecule has 0 saturated carbocycles. The highest BCUT2D eigenvalue weighted by atomic mass is 35.5. The van der Waals surface area contributed by atoms with E-state index in [1.54, 1.807) is 18.2 Å². The second-order valence-corrected chi connectivity index (χ2v) is 5.59. The lowest BCUT2D eigenvalue weighted by molar-refractivity contribution is 0.00213. The van der Waals surface area contributed by atoms with Crippen LogP contribution in [-0.4, -0.2) is 17.8 Å². The number of halogens is 2. The van der Waals surface area contributed by atoms with E-state index in [4.69, 9.17) is 27.9 Å². The molecule has 1 saturated heterocycles. The maximum atomic E-state index is 10.1. The number of benzene rings is 1. The first-order chi connectivity index (χ1) is 8.66. The molecule has 0 spiro atoms. The van der Waals surface area contributed by atoms with Crippen LogP contribution in [0.2, 0.25) is 10.0 Å². The maximum Gasteiger partial charge on any atom is 0.0805 e. The van der Waals surface area contributed by atoms with Gasteiger partial charge in [0.1, 0.15) is 0 Å². The normalized spacial score (nSPS) is 21.8. The topological polar surface area (TPSA) is 29.5 Å². The maximum absolute atomic E-state index is 10.1. The van der Waals surface area contributed by atoms with Crippen molar-refractivity contribution in [3.63, 3.8) is 0 Å². The fraction of sp³-hybridized carbons (Fsp3) is 0.571. The molecule has 100 valence electrons. The summed E-state index contributed by atoms with van der Waals surface area (Å²) in [5, 5.41) is 11.3. The smallest absolute Gasteiger partial charge is 0.0805 e. The molecule has 2 unspecified atom stereocenters. The quantitative estimate of drug-likeness (QED) is 0.891. The molecule has 1 aromatic rings. The SMILES string of the molecule is OC(CCC1CCCCO1)c1ccc(Cl)cc1Cl. The zero-order chi connectivity index (χ0) is 13.0. The lowest BCUT2D eigenvalue weighted by atomic mass is 9.99. The van der Waals surface area contributed by atoms with Crippen LogP contribution < -0.4 is 0 Å². The van der Waals surface area contributed by atoms with Gasteiger partial charge in [0.25, 0.3) is 0 Å². The molecule has 18 heavy (non-hydrogen) atoms. The molecule has 1 aromatic carbocycles.